The number of hydrogen-bond acceptors (Lipinski definition) is 2. The van der Waals surface area contributed by atoms with Crippen molar-refractivity contribution in [2.75, 3.05) is 13.7 Å². The molecule has 0 amide bonds. The topological polar surface area (TPSA) is 21.3 Å². The molecule has 2 atom stereocenters. The van der Waals surface area contributed by atoms with Crippen molar-refractivity contribution >= 4 is 0 Å². The van der Waals surface area contributed by atoms with Crippen molar-refractivity contribution < 1.29 is 4.74 Å². The molecule has 21 heavy (non-hydrogen) atoms. The molecular formula is C19H29NO. The van der Waals surface area contributed by atoms with Crippen LogP contribution in [0.15, 0.2) is 24.3 Å². The van der Waals surface area contributed by atoms with Gasteiger partial charge in [-0.2, -0.15) is 0 Å². The second kappa shape index (κ2) is 6.50. The highest BCUT2D eigenvalue weighted by Gasteiger charge is 2.41. The van der Waals surface area contributed by atoms with E-state index in [1.807, 2.05) is 0 Å². The maximum atomic E-state index is 6.20. The monoisotopic (exact) mass is 287 g/mol. The van der Waals surface area contributed by atoms with E-state index in [0.717, 1.165) is 13.0 Å². The summed E-state index contributed by atoms with van der Waals surface area (Å²) in [7, 11) is 2.11. The van der Waals surface area contributed by atoms with Crippen LogP contribution in [0.4, 0.5) is 0 Å². The van der Waals surface area contributed by atoms with Crippen LogP contribution >= 0.6 is 0 Å². The van der Waals surface area contributed by atoms with Gasteiger partial charge >= 0.3 is 0 Å². The predicted octanol–water partition coefficient (Wildman–Crippen LogP) is 4.25. The quantitative estimate of drug-likeness (QED) is 0.894. The first-order valence-corrected chi connectivity index (χ1v) is 8.66. The Morgan fingerprint density at radius 3 is 2.57 bits per heavy atom. The van der Waals surface area contributed by atoms with Crippen LogP contribution in [0.3, 0.4) is 0 Å². The van der Waals surface area contributed by atoms with Crippen molar-refractivity contribution in [2.24, 2.45) is 5.92 Å². The van der Waals surface area contributed by atoms with Gasteiger partial charge in [-0.25, -0.2) is 0 Å². The largest absolute Gasteiger partial charge is 0.375 e. The molecule has 1 aromatic carbocycles. The third-order valence-electron chi connectivity index (χ3n) is 5.58. The Hall–Kier alpha value is -0.860. The minimum atomic E-state index is 0.210. The maximum Gasteiger partial charge on any atom is 0.0686 e. The number of rotatable bonds is 4. The average Bonchev–Trinajstić information content (AvgIpc) is 2.96. The second-order valence-corrected chi connectivity index (χ2v) is 6.85. The van der Waals surface area contributed by atoms with E-state index in [1.165, 1.54) is 49.7 Å². The van der Waals surface area contributed by atoms with Gasteiger partial charge in [-0.05, 0) is 56.2 Å². The van der Waals surface area contributed by atoms with Crippen LogP contribution in [0.2, 0.25) is 0 Å². The van der Waals surface area contributed by atoms with Crippen LogP contribution in [0.5, 0.6) is 0 Å². The average molecular weight is 287 g/mol. The highest BCUT2D eigenvalue weighted by atomic mass is 16.5. The first-order valence-electron chi connectivity index (χ1n) is 8.66. The maximum absolute atomic E-state index is 6.20. The van der Waals surface area contributed by atoms with Crippen molar-refractivity contribution in [3.63, 3.8) is 0 Å². The van der Waals surface area contributed by atoms with Gasteiger partial charge in [0, 0.05) is 12.6 Å². The van der Waals surface area contributed by atoms with Crippen molar-refractivity contribution in [1.29, 1.82) is 0 Å². The molecule has 2 fully saturated rings. The van der Waals surface area contributed by atoms with Crippen LogP contribution in [-0.2, 0) is 11.2 Å². The summed E-state index contributed by atoms with van der Waals surface area (Å²) in [5.74, 6) is 0.703. The Bertz CT molecular complexity index is 447. The molecule has 1 saturated heterocycles. The lowest BCUT2D eigenvalue weighted by Gasteiger charge is -2.41. The minimum Gasteiger partial charge on any atom is -0.375 e. The van der Waals surface area contributed by atoms with Crippen LogP contribution in [0.1, 0.15) is 62.6 Å². The summed E-state index contributed by atoms with van der Waals surface area (Å²) in [6.45, 7) is 3.16. The van der Waals surface area contributed by atoms with Gasteiger partial charge in [-0.1, -0.05) is 44.0 Å². The highest BCUT2D eigenvalue weighted by Crippen LogP contribution is 2.45. The number of hydrogen-bond donors (Lipinski definition) is 1. The van der Waals surface area contributed by atoms with Gasteiger partial charge in [-0.15, -0.1) is 0 Å². The van der Waals surface area contributed by atoms with Gasteiger partial charge in [0.15, 0.2) is 0 Å². The van der Waals surface area contributed by atoms with E-state index in [2.05, 4.69) is 43.6 Å². The zero-order valence-corrected chi connectivity index (χ0v) is 13.5. The molecule has 1 N–H and O–H groups in total. The Morgan fingerprint density at radius 2 is 1.95 bits per heavy atom. The standard InChI is InChI=1S/C19H29NO/c1-3-15-6-8-16(9-7-15)18(20-2)17-10-13-21-19(14-17)11-4-5-12-19/h6-9,17-18,20H,3-5,10-14H2,1-2H3. The summed E-state index contributed by atoms with van der Waals surface area (Å²) in [5, 5.41) is 3.58. The Balaban J connectivity index is 1.75. The predicted molar refractivity (Wildman–Crippen MR) is 87.5 cm³/mol. The zero-order chi connectivity index (χ0) is 14.7. The molecule has 1 aromatic rings. The molecule has 1 heterocycles. The van der Waals surface area contributed by atoms with Gasteiger partial charge in [-0.3, -0.25) is 0 Å². The fourth-order valence-corrected chi connectivity index (χ4v) is 4.35. The van der Waals surface area contributed by atoms with Crippen LogP contribution < -0.4 is 5.32 Å². The van der Waals surface area contributed by atoms with Gasteiger partial charge in [0.1, 0.15) is 0 Å². The van der Waals surface area contributed by atoms with Crippen molar-refractivity contribution in [1.82, 2.24) is 5.32 Å². The molecule has 2 heteroatoms. The lowest BCUT2D eigenvalue weighted by Crippen LogP contribution is -2.41. The molecule has 0 aromatic heterocycles. The van der Waals surface area contributed by atoms with Gasteiger partial charge in [0.25, 0.3) is 0 Å². The second-order valence-electron chi connectivity index (χ2n) is 6.85. The van der Waals surface area contributed by atoms with Crippen LogP contribution in [0.25, 0.3) is 0 Å². The zero-order valence-electron chi connectivity index (χ0n) is 13.5. The van der Waals surface area contributed by atoms with Gasteiger partial charge < -0.3 is 10.1 Å². The molecular weight excluding hydrogens is 258 g/mol. The minimum absolute atomic E-state index is 0.210. The molecule has 3 rings (SSSR count). The summed E-state index contributed by atoms with van der Waals surface area (Å²) < 4.78 is 6.20. The van der Waals surface area contributed by atoms with E-state index in [0.29, 0.717) is 12.0 Å². The number of aryl methyl sites for hydroxylation is 1. The van der Waals surface area contributed by atoms with E-state index in [4.69, 9.17) is 4.74 Å². The molecule has 116 valence electrons. The molecule has 1 spiro atoms. The van der Waals surface area contributed by atoms with Gasteiger partial charge in [0.05, 0.1) is 5.60 Å². The van der Waals surface area contributed by atoms with Gasteiger partial charge in [0.2, 0.25) is 0 Å². The number of benzene rings is 1. The fourth-order valence-electron chi connectivity index (χ4n) is 4.35. The lowest BCUT2D eigenvalue weighted by molar-refractivity contribution is -0.0978. The summed E-state index contributed by atoms with van der Waals surface area (Å²) in [4.78, 5) is 0. The molecule has 1 aliphatic carbocycles. The molecule has 2 nitrogen and oxygen atoms in total. The van der Waals surface area contributed by atoms with Crippen LogP contribution in [0, 0.1) is 5.92 Å². The van der Waals surface area contributed by atoms with E-state index >= 15 is 0 Å². The highest BCUT2D eigenvalue weighted by molar-refractivity contribution is 5.25. The molecule has 0 radical (unpaired) electrons. The number of ether oxygens (including phenoxy) is 1. The third kappa shape index (κ3) is 3.17. The Kier molecular flexibility index (Phi) is 4.66. The summed E-state index contributed by atoms with van der Waals surface area (Å²) in [6.07, 6.45) is 8.77. The fraction of sp³-hybridized carbons (Fsp3) is 0.684. The van der Waals surface area contributed by atoms with Crippen LogP contribution in [-0.4, -0.2) is 19.3 Å². The number of nitrogens with one attached hydrogen (secondary N) is 1. The summed E-state index contributed by atoms with van der Waals surface area (Å²) >= 11 is 0. The first kappa shape index (κ1) is 15.1. The molecule has 0 bridgehead atoms. The van der Waals surface area contributed by atoms with E-state index in [1.54, 1.807) is 0 Å². The Labute approximate surface area is 129 Å². The molecule has 2 unspecified atom stereocenters. The third-order valence-corrected chi connectivity index (χ3v) is 5.58. The molecule has 1 aliphatic heterocycles. The first-order chi connectivity index (χ1) is 10.3. The van der Waals surface area contributed by atoms with E-state index in [9.17, 15) is 0 Å². The van der Waals surface area contributed by atoms with E-state index < -0.39 is 0 Å². The summed E-state index contributed by atoms with van der Waals surface area (Å²) in [5.41, 5.74) is 3.07. The van der Waals surface area contributed by atoms with Crippen molar-refractivity contribution in [2.45, 2.75) is 63.5 Å². The SMILES string of the molecule is CCc1ccc(C(NC)C2CCOC3(CCCC3)C2)cc1. The summed E-state index contributed by atoms with van der Waals surface area (Å²) in [6, 6.07) is 9.67. The Morgan fingerprint density at radius 1 is 1.24 bits per heavy atom. The van der Waals surface area contributed by atoms with Crippen molar-refractivity contribution in [3.05, 3.63) is 35.4 Å². The smallest absolute Gasteiger partial charge is 0.0686 e. The van der Waals surface area contributed by atoms with Crippen molar-refractivity contribution in [3.8, 4) is 0 Å². The molecule has 2 aliphatic rings. The van der Waals surface area contributed by atoms with E-state index in [-0.39, 0.29) is 5.60 Å². The molecule has 1 saturated carbocycles. The lowest BCUT2D eigenvalue weighted by atomic mass is 9.78. The normalized spacial score (nSPS) is 26.1.